The second-order valence-corrected chi connectivity index (χ2v) is 6.19. The van der Waals surface area contributed by atoms with E-state index in [9.17, 15) is 0 Å². The van der Waals surface area contributed by atoms with Crippen molar-refractivity contribution in [3.63, 3.8) is 0 Å². The maximum Gasteiger partial charge on any atom is 0.121 e. The molecule has 4 heteroatoms. The third-order valence-electron chi connectivity index (χ3n) is 4.04. The van der Waals surface area contributed by atoms with Gasteiger partial charge in [0.2, 0.25) is 0 Å². The lowest BCUT2D eigenvalue weighted by Crippen LogP contribution is -2.18. The molecule has 2 aromatic rings. The number of hydrogen-bond donors (Lipinski definition) is 1. The van der Waals surface area contributed by atoms with Crippen LogP contribution in [-0.2, 0) is 6.42 Å². The largest absolute Gasteiger partial charge is 0.497 e. The van der Waals surface area contributed by atoms with Crippen LogP contribution >= 0.6 is 15.9 Å². The summed E-state index contributed by atoms with van der Waals surface area (Å²) in [5.41, 5.74) is 11.2. The molecule has 3 rings (SSSR count). The zero-order valence-corrected chi connectivity index (χ0v) is 13.4. The molecule has 1 aromatic heterocycles. The number of halogens is 1. The molecule has 3 nitrogen and oxygen atoms in total. The van der Waals surface area contributed by atoms with Crippen molar-refractivity contribution in [1.29, 1.82) is 0 Å². The zero-order valence-electron chi connectivity index (χ0n) is 11.8. The van der Waals surface area contributed by atoms with Crippen molar-refractivity contribution in [3.05, 3.63) is 45.7 Å². The van der Waals surface area contributed by atoms with Crippen molar-refractivity contribution in [1.82, 2.24) is 4.57 Å². The van der Waals surface area contributed by atoms with Gasteiger partial charge in [0.25, 0.3) is 0 Å². The van der Waals surface area contributed by atoms with Crippen molar-refractivity contribution in [2.75, 3.05) is 7.11 Å². The summed E-state index contributed by atoms with van der Waals surface area (Å²) in [7, 11) is 1.70. The average molecular weight is 335 g/mol. The van der Waals surface area contributed by atoms with Gasteiger partial charge in [-0.15, -0.1) is 0 Å². The molecule has 0 saturated carbocycles. The van der Waals surface area contributed by atoms with Gasteiger partial charge in [-0.3, -0.25) is 0 Å². The monoisotopic (exact) mass is 334 g/mol. The first-order valence-electron chi connectivity index (χ1n) is 6.92. The Morgan fingerprint density at radius 1 is 1.35 bits per heavy atom. The van der Waals surface area contributed by atoms with Crippen LogP contribution < -0.4 is 10.5 Å². The van der Waals surface area contributed by atoms with Crippen LogP contribution in [-0.4, -0.2) is 11.7 Å². The predicted octanol–water partition coefficient (Wildman–Crippen LogP) is 3.89. The molecule has 0 amide bonds. The van der Waals surface area contributed by atoms with Crippen molar-refractivity contribution < 1.29 is 4.74 Å². The highest BCUT2D eigenvalue weighted by Crippen LogP contribution is 2.35. The highest BCUT2D eigenvalue weighted by molar-refractivity contribution is 9.10. The van der Waals surface area contributed by atoms with E-state index in [1.807, 2.05) is 12.1 Å². The lowest BCUT2D eigenvalue weighted by atomic mass is 9.93. The summed E-state index contributed by atoms with van der Waals surface area (Å²) in [4.78, 5) is 0. The normalized spacial score (nSPS) is 17.9. The number of aryl methyl sites for hydroxylation is 1. The SMILES string of the molecule is COc1ccc(Br)c(-n2c(C)cc3c2CCCC3N)c1. The second-order valence-electron chi connectivity index (χ2n) is 5.34. The van der Waals surface area contributed by atoms with Gasteiger partial charge in [0.1, 0.15) is 5.75 Å². The first kappa shape index (κ1) is 13.7. The van der Waals surface area contributed by atoms with E-state index in [4.69, 9.17) is 10.5 Å². The van der Waals surface area contributed by atoms with Gasteiger partial charge in [0, 0.05) is 28.0 Å². The van der Waals surface area contributed by atoms with Crippen molar-refractivity contribution in [2.24, 2.45) is 5.73 Å². The van der Waals surface area contributed by atoms with Crippen molar-refractivity contribution in [2.45, 2.75) is 32.2 Å². The van der Waals surface area contributed by atoms with Gasteiger partial charge in [-0.2, -0.15) is 0 Å². The molecule has 0 aliphatic heterocycles. The Kier molecular flexibility index (Phi) is 3.61. The molecule has 1 aliphatic carbocycles. The topological polar surface area (TPSA) is 40.2 Å². The number of rotatable bonds is 2. The van der Waals surface area contributed by atoms with Crippen LogP contribution in [0.1, 0.15) is 35.8 Å². The number of aromatic nitrogens is 1. The molecule has 1 heterocycles. The van der Waals surface area contributed by atoms with E-state index in [2.05, 4.69) is 39.6 Å². The predicted molar refractivity (Wildman–Crippen MR) is 84.6 cm³/mol. The van der Waals surface area contributed by atoms with Crippen LogP contribution in [0.25, 0.3) is 5.69 Å². The Morgan fingerprint density at radius 2 is 2.15 bits per heavy atom. The minimum absolute atomic E-state index is 0.170. The molecule has 0 radical (unpaired) electrons. The number of ether oxygens (including phenoxy) is 1. The first-order valence-corrected chi connectivity index (χ1v) is 7.71. The van der Waals surface area contributed by atoms with Crippen LogP contribution in [0.5, 0.6) is 5.75 Å². The fourth-order valence-electron chi connectivity index (χ4n) is 3.06. The third-order valence-corrected chi connectivity index (χ3v) is 4.71. The molecule has 1 aliphatic rings. The van der Waals surface area contributed by atoms with E-state index in [0.717, 1.165) is 35.2 Å². The first-order chi connectivity index (χ1) is 9.61. The van der Waals surface area contributed by atoms with E-state index in [0.29, 0.717) is 0 Å². The van der Waals surface area contributed by atoms with Crippen LogP contribution in [0, 0.1) is 6.92 Å². The van der Waals surface area contributed by atoms with Gasteiger partial charge in [-0.25, -0.2) is 0 Å². The molecule has 1 unspecified atom stereocenters. The molecule has 0 saturated heterocycles. The number of benzene rings is 1. The summed E-state index contributed by atoms with van der Waals surface area (Å²) >= 11 is 3.65. The number of methoxy groups -OCH3 is 1. The Balaban J connectivity index is 2.20. The molecular formula is C16H19BrN2O. The molecule has 0 fully saturated rings. The minimum Gasteiger partial charge on any atom is -0.497 e. The van der Waals surface area contributed by atoms with E-state index >= 15 is 0 Å². The Bertz CT molecular complexity index is 648. The Morgan fingerprint density at radius 3 is 2.90 bits per heavy atom. The van der Waals surface area contributed by atoms with Crippen LogP contribution in [0.15, 0.2) is 28.7 Å². The van der Waals surface area contributed by atoms with Crippen molar-refractivity contribution >= 4 is 15.9 Å². The Hall–Kier alpha value is -1.26. The average Bonchev–Trinajstić information content (AvgIpc) is 2.77. The quantitative estimate of drug-likeness (QED) is 0.904. The van der Waals surface area contributed by atoms with Gasteiger partial charge in [0.05, 0.1) is 12.8 Å². The summed E-state index contributed by atoms with van der Waals surface area (Å²) in [6.07, 6.45) is 3.31. The molecule has 0 spiro atoms. The fraction of sp³-hybridized carbons (Fsp3) is 0.375. The van der Waals surface area contributed by atoms with E-state index < -0.39 is 0 Å². The fourth-order valence-corrected chi connectivity index (χ4v) is 3.49. The summed E-state index contributed by atoms with van der Waals surface area (Å²) in [6, 6.07) is 8.46. The molecule has 1 atom stereocenters. The van der Waals surface area contributed by atoms with Crippen LogP contribution in [0.3, 0.4) is 0 Å². The van der Waals surface area contributed by atoms with E-state index in [1.165, 1.54) is 17.0 Å². The van der Waals surface area contributed by atoms with Gasteiger partial charge in [-0.05, 0) is 65.9 Å². The zero-order chi connectivity index (χ0) is 14.3. The van der Waals surface area contributed by atoms with E-state index in [-0.39, 0.29) is 6.04 Å². The number of nitrogens with zero attached hydrogens (tertiary/aromatic N) is 1. The second kappa shape index (κ2) is 5.26. The molecule has 106 valence electrons. The minimum atomic E-state index is 0.170. The number of hydrogen-bond acceptors (Lipinski definition) is 2. The smallest absolute Gasteiger partial charge is 0.121 e. The summed E-state index contributed by atoms with van der Waals surface area (Å²) in [5.74, 6) is 0.866. The van der Waals surface area contributed by atoms with Gasteiger partial charge in [0.15, 0.2) is 0 Å². The Labute approximate surface area is 127 Å². The molecule has 1 aromatic carbocycles. The third kappa shape index (κ3) is 2.17. The van der Waals surface area contributed by atoms with Crippen LogP contribution in [0.2, 0.25) is 0 Å². The summed E-state index contributed by atoms with van der Waals surface area (Å²) < 4.78 is 8.73. The number of fused-ring (bicyclic) bond motifs is 1. The van der Waals surface area contributed by atoms with Gasteiger partial charge in [-0.1, -0.05) is 0 Å². The molecular weight excluding hydrogens is 316 g/mol. The molecule has 2 N–H and O–H groups in total. The van der Waals surface area contributed by atoms with E-state index in [1.54, 1.807) is 7.11 Å². The standard InChI is InChI=1S/C16H19BrN2O/c1-10-8-12-14(18)4-3-5-15(12)19(10)16-9-11(20-2)6-7-13(16)17/h6-9,14H,3-5,18H2,1-2H3. The summed E-state index contributed by atoms with van der Waals surface area (Å²) in [6.45, 7) is 2.14. The van der Waals surface area contributed by atoms with Crippen molar-refractivity contribution in [3.8, 4) is 11.4 Å². The lowest BCUT2D eigenvalue weighted by molar-refractivity contribution is 0.414. The maximum atomic E-state index is 6.25. The van der Waals surface area contributed by atoms with Gasteiger partial charge < -0.3 is 15.0 Å². The highest BCUT2D eigenvalue weighted by atomic mass is 79.9. The van der Waals surface area contributed by atoms with Crippen LogP contribution in [0.4, 0.5) is 0 Å². The number of nitrogens with two attached hydrogens (primary N) is 1. The maximum absolute atomic E-state index is 6.25. The highest BCUT2D eigenvalue weighted by Gasteiger charge is 2.23. The lowest BCUT2D eigenvalue weighted by Gasteiger charge is -2.22. The molecule has 0 bridgehead atoms. The summed E-state index contributed by atoms with van der Waals surface area (Å²) in [5, 5.41) is 0. The molecule has 20 heavy (non-hydrogen) atoms. The van der Waals surface area contributed by atoms with Gasteiger partial charge >= 0.3 is 0 Å².